The summed E-state index contributed by atoms with van der Waals surface area (Å²) in [4.78, 5) is 11.1. The van der Waals surface area contributed by atoms with Crippen LogP contribution in [0.1, 0.15) is 45.2 Å². The van der Waals surface area contributed by atoms with E-state index in [1.54, 1.807) is 0 Å². The first kappa shape index (κ1) is 32.3. The van der Waals surface area contributed by atoms with Crippen molar-refractivity contribution in [3.8, 4) is 11.5 Å². The van der Waals surface area contributed by atoms with Gasteiger partial charge < -0.3 is 39.6 Å². The lowest BCUT2D eigenvalue weighted by Gasteiger charge is -2.26. The monoisotopic (exact) mass is 545 g/mol. The molecule has 2 aromatic rings. The van der Waals surface area contributed by atoms with Gasteiger partial charge in [-0.25, -0.2) is 4.79 Å². The molecule has 2 rings (SSSR count). The first-order valence-corrected chi connectivity index (χ1v) is 13.2. The standard InChI is InChI=1S/C30H43NO8/c1-6-28(34)38-19-24(32)17-36-26-11-7-22(8-12-26)30(4,5)23-9-13-27(14-10-23)37-18-25(33)20-39-29(35)15-16-31-21(2)3/h6-14,21,24-25,29,31-33,35H,1,15-20H2,2-5H3. The predicted molar refractivity (Wildman–Crippen MR) is 149 cm³/mol. The van der Waals surface area contributed by atoms with E-state index in [1.807, 2.05) is 62.4 Å². The molecule has 0 bridgehead atoms. The van der Waals surface area contributed by atoms with Gasteiger partial charge in [-0.2, -0.15) is 0 Å². The molecule has 0 aliphatic rings. The minimum absolute atomic E-state index is 0.00813. The number of nitrogens with one attached hydrogen (secondary N) is 1. The van der Waals surface area contributed by atoms with Crippen molar-refractivity contribution in [1.29, 1.82) is 0 Å². The second-order valence-electron chi connectivity index (χ2n) is 10.1. The number of carbonyl (C=O) groups excluding carboxylic acids is 1. The molecule has 216 valence electrons. The molecular formula is C30H43NO8. The maximum absolute atomic E-state index is 11.1. The Hall–Kier alpha value is -2.95. The fraction of sp³-hybridized carbons (Fsp3) is 0.500. The zero-order valence-corrected chi connectivity index (χ0v) is 23.3. The Morgan fingerprint density at radius 2 is 1.36 bits per heavy atom. The van der Waals surface area contributed by atoms with Gasteiger partial charge in [-0.05, 0) is 35.4 Å². The first-order chi connectivity index (χ1) is 18.5. The summed E-state index contributed by atoms with van der Waals surface area (Å²) in [6.45, 7) is 12.1. The van der Waals surface area contributed by atoms with Crippen molar-refractivity contribution in [2.24, 2.45) is 0 Å². The van der Waals surface area contributed by atoms with E-state index in [-0.39, 0.29) is 31.8 Å². The number of aliphatic hydroxyl groups excluding tert-OH is 3. The third-order valence-electron chi connectivity index (χ3n) is 6.05. The summed E-state index contributed by atoms with van der Waals surface area (Å²) >= 11 is 0. The maximum Gasteiger partial charge on any atom is 0.330 e. The molecule has 0 aliphatic carbocycles. The van der Waals surface area contributed by atoms with E-state index >= 15 is 0 Å². The molecular weight excluding hydrogens is 502 g/mol. The minimum Gasteiger partial charge on any atom is -0.491 e. The van der Waals surface area contributed by atoms with Crippen molar-refractivity contribution in [1.82, 2.24) is 5.32 Å². The molecule has 0 aliphatic heterocycles. The van der Waals surface area contributed by atoms with Crippen LogP contribution in [0.2, 0.25) is 0 Å². The topological polar surface area (TPSA) is 127 Å². The summed E-state index contributed by atoms with van der Waals surface area (Å²) in [7, 11) is 0. The van der Waals surface area contributed by atoms with E-state index < -0.39 is 24.5 Å². The zero-order chi connectivity index (χ0) is 28.8. The fourth-order valence-corrected chi connectivity index (χ4v) is 3.62. The van der Waals surface area contributed by atoms with Crippen molar-refractivity contribution in [3.63, 3.8) is 0 Å². The number of aliphatic hydroxyl groups is 3. The number of ether oxygens (including phenoxy) is 4. The number of hydrogen-bond donors (Lipinski definition) is 4. The Kier molecular flexibility index (Phi) is 13.4. The highest BCUT2D eigenvalue weighted by Crippen LogP contribution is 2.33. The maximum atomic E-state index is 11.1. The lowest BCUT2D eigenvalue weighted by Crippen LogP contribution is -2.30. The van der Waals surface area contributed by atoms with Crippen LogP contribution < -0.4 is 14.8 Å². The van der Waals surface area contributed by atoms with Crippen molar-refractivity contribution in [2.45, 2.75) is 64.1 Å². The Morgan fingerprint density at radius 1 is 0.872 bits per heavy atom. The molecule has 4 N–H and O–H groups in total. The lowest BCUT2D eigenvalue weighted by atomic mass is 9.78. The predicted octanol–water partition coefficient (Wildman–Crippen LogP) is 2.94. The van der Waals surface area contributed by atoms with Gasteiger partial charge in [0.2, 0.25) is 0 Å². The average Bonchev–Trinajstić information content (AvgIpc) is 2.92. The van der Waals surface area contributed by atoms with Crippen LogP contribution >= 0.6 is 0 Å². The molecule has 2 aromatic carbocycles. The second kappa shape index (κ2) is 16.2. The summed E-state index contributed by atoms with van der Waals surface area (Å²) in [5.41, 5.74) is 1.84. The lowest BCUT2D eigenvalue weighted by molar-refractivity contribution is -0.141. The Morgan fingerprint density at radius 3 is 1.82 bits per heavy atom. The van der Waals surface area contributed by atoms with Crippen molar-refractivity contribution in [2.75, 3.05) is 33.0 Å². The number of carbonyl (C=O) groups is 1. The summed E-state index contributed by atoms with van der Waals surface area (Å²) < 4.78 is 21.4. The third kappa shape index (κ3) is 11.8. The molecule has 3 unspecified atom stereocenters. The molecule has 0 aromatic heterocycles. The largest absolute Gasteiger partial charge is 0.491 e. The van der Waals surface area contributed by atoms with Crippen molar-refractivity contribution >= 4 is 5.97 Å². The summed E-state index contributed by atoms with van der Waals surface area (Å²) in [5.74, 6) is 0.621. The van der Waals surface area contributed by atoms with Gasteiger partial charge in [-0.3, -0.25) is 0 Å². The highest BCUT2D eigenvalue weighted by atomic mass is 16.6. The third-order valence-corrected chi connectivity index (χ3v) is 6.05. The van der Waals surface area contributed by atoms with Gasteiger partial charge in [0, 0.05) is 30.5 Å². The van der Waals surface area contributed by atoms with Crippen LogP contribution in [-0.2, 0) is 19.7 Å². The molecule has 0 amide bonds. The van der Waals surface area contributed by atoms with Crippen molar-refractivity contribution < 1.29 is 39.1 Å². The number of benzene rings is 2. The SMILES string of the molecule is C=CC(=O)OCC(O)COc1ccc(C(C)(C)c2ccc(OCC(O)COC(O)CCNC(C)C)cc2)cc1. The summed E-state index contributed by atoms with van der Waals surface area (Å²) in [6, 6.07) is 15.6. The molecule has 0 radical (unpaired) electrons. The molecule has 9 heteroatoms. The van der Waals surface area contributed by atoms with Crippen LogP contribution in [0.3, 0.4) is 0 Å². The van der Waals surface area contributed by atoms with E-state index in [0.717, 1.165) is 17.2 Å². The van der Waals surface area contributed by atoms with Gasteiger partial charge >= 0.3 is 5.97 Å². The van der Waals surface area contributed by atoms with Crippen molar-refractivity contribution in [3.05, 3.63) is 72.3 Å². The Labute approximate surface area is 231 Å². The van der Waals surface area contributed by atoms with Gasteiger partial charge in [-0.1, -0.05) is 58.5 Å². The van der Waals surface area contributed by atoms with Crippen LogP contribution in [0.15, 0.2) is 61.2 Å². The molecule has 0 saturated heterocycles. The Bertz CT molecular complexity index is 991. The summed E-state index contributed by atoms with van der Waals surface area (Å²) in [6.07, 6.45) is -1.26. The van der Waals surface area contributed by atoms with Crippen LogP contribution in [0.25, 0.3) is 0 Å². The zero-order valence-electron chi connectivity index (χ0n) is 23.3. The molecule has 0 saturated carbocycles. The van der Waals surface area contributed by atoms with E-state index in [1.165, 1.54) is 0 Å². The minimum atomic E-state index is -0.942. The first-order valence-electron chi connectivity index (χ1n) is 13.2. The van der Waals surface area contributed by atoms with Crippen LogP contribution in [-0.4, -0.2) is 78.8 Å². The quantitative estimate of drug-likeness (QED) is 0.127. The fourth-order valence-electron chi connectivity index (χ4n) is 3.62. The average molecular weight is 546 g/mol. The molecule has 3 atom stereocenters. The molecule has 9 nitrogen and oxygen atoms in total. The molecule has 0 spiro atoms. The van der Waals surface area contributed by atoms with E-state index in [2.05, 4.69) is 25.7 Å². The Balaban J connectivity index is 1.81. The van der Waals surface area contributed by atoms with Gasteiger partial charge in [0.15, 0.2) is 6.29 Å². The van der Waals surface area contributed by atoms with Crippen LogP contribution in [0.4, 0.5) is 0 Å². The highest BCUT2D eigenvalue weighted by molar-refractivity contribution is 5.81. The summed E-state index contributed by atoms with van der Waals surface area (Å²) in [5, 5.41) is 33.1. The second-order valence-corrected chi connectivity index (χ2v) is 10.1. The van der Waals surface area contributed by atoms with Gasteiger partial charge in [-0.15, -0.1) is 0 Å². The van der Waals surface area contributed by atoms with E-state index in [0.29, 0.717) is 30.5 Å². The van der Waals surface area contributed by atoms with Crippen LogP contribution in [0.5, 0.6) is 11.5 Å². The van der Waals surface area contributed by atoms with Gasteiger partial charge in [0.05, 0.1) is 6.61 Å². The van der Waals surface area contributed by atoms with E-state index in [4.69, 9.17) is 18.9 Å². The van der Waals surface area contributed by atoms with Gasteiger partial charge in [0.1, 0.15) is 43.5 Å². The normalized spacial score (nSPS) is 13.9. The molecule has 0 fully saturated rings. The van der Waals surface area contributed by atoms with Gasteiger partial charge in [0.25, 0.3) is 0 Å². The number of esters is 1. The number of rotatable bonds is 18. The molecule has 0 heterocycles. The highest BCUT2D eigenvalue weighted by Gasteiger charge is 2.23. The smallest absolute Gasteiger partial charge is 0.330 e. The van der Waals surface area contributed by atoms with Crippen LogP contribution in [0, 0.1) is 0 Å². The molecule has 39 heavy (non-hydrogen) atoms. The number of hydrogen-bond acceptors (Lipinski definition) is 9. The van der Waals surface area contributed by atoms with E-state index in [9.17, 15) is 20.1 Å².